The number of rotatable bonds is 1. The summed E-state index contributed by atoms with van der Waals surface area (Å²) in [5.74, 6) is 0. The van der Waals surface area contributed by atoms with E-state index in [1.165, 1.54) is 0 Å². The Morgan fingerprint density at radius 3 is 2.67 bits per heavy atom. The lowest BCUT2D eigenvalue weighted by atomic mass is 10.1. The molecule has 2 aromatic heterocycles. The number of aromatic nitrogens is 2. The summed E-state index contributed by atoms with van der Waals surface area (Å²) in [6.45, 7) is 0. The number of fused-ring (bicyclic) bond motifs is 1. The Morgan fingerprint density at radius 2 is 1.89 bits per heavy atom. The Kier molecular flexibility index (Phi) is 2.77. The van der Waals surface area contributed by atoms with Gasteiger partial charge in [-0.05, 0) is 35.9 Å². The van der Waals surface area contributed by atoms with Gasteiger partial charge < -0.3 is 4.57 Å². The highest BCUT2D eigenvalue weighted by atomic mass is 35.5. The van der Waals surface area contributed by atoms with E-state index in [0.29, 0.717) is 5.15 Å². The van der Waals surface area contributed by atoms with Crippen LogP contribution in [0, 0.1) is 0 Å². The van der Waals surface area contributed by atoms with Crippen molar-refractivity contribution in [3.8, 4) is 11.3 Å². The van der Waals surface area contributed by atoms with E-state index in [2.05, 4.69) is 9.55 Å². The Balaban J connectivity index is 2.27. The Labute approximate surface area is 115 Å². The monoisotopic (exact) mass is 276 g/mol. The number of aryl methyl sites for hydroxylation is 1. The van der Waals surface area contributed by atoms with Crippen molar-refractivity contribution in [1.82, 2.24) is 9.55 Å². The highest BCUT2D eigenvalue weighted by Gasteiger charge is 2.09. The van der Waals surface area contributed by atoms with Gasteiger partial charge in [0.2, 0.25) is 0 Å². The van der Waals surface area contributed by atoms with Crippen molar-refractivity contribution in [1.29, 1.82) is 0 Å². The maximum absolute atomic E-state index is 6.03. The minimum absolute atomic E-state index is 0.505. The first-order valence-electron chi connectivity index (χ1n) is 5.53. The standard InChI is InChI=1S/C14H10Cl2N2/c1-18-12-5-6-14(16)17-11(12)8-13(18)9-3-2-4-10(15)7-9/h2-8H,1H3. The molecule has 0 saturated heterocycles. The second-order valence-corrected chi connectivity index (χ2v) is 4.96. The van der Waals surface area contributed by atoms with Crippen LogP contribution in [0.5, 0.6) is 0 Å². The first kappa shape index (κ1) is 11.6. The first-order chi connectivity index (χ1) is 8.65. The van der Waals surface area contributed by atoms with Crippen LogP contribution in [0.2, 0.25) is 10.2 Å². The normalized spacial score (nSPS) is 11.1. The number of halogens is 2. The zero-order chi connectivity index (χ0) is 12.7. The van der Waals surface area contributed by atoms with Crippen LogP contribution in [0.15, 0.2) is 42.5 Å². The van der Waals surface area contributed by atoms with Crippen molar-refractivity contribution in [3.05, 3.63) is 52.6 Å². The molecule has 2 heterocycles. The summed E-state index contributed by atoms with van der Waals surface area (Å²) < 4.78 is 2.09. The van der Waals surface area contributed by atoms with E-state index in [1.807, 2.05) is 43.4 Å². The summed E-state index contributed by atoms with van der Waals surface area (Å²) >= 11 is 11.9. The Morgan fingerprint density at radius 1 is 1.06 bits per heavy atom. The summed E-state index contributed by atoms with van der Waals surface area (Å²) in [5, 5.41) is 1.23. The number of pyridine rings is 1. The third kappa shape index (κ3) is 1.88. The molecule has 0 atom stereocenters. The van der Waals surface area contributed by atoms with Crippen LogP contribution in [0.1, 0.15) is 0 Å². The van der Waals surface area contributed by atoms with Gasteiger partial charge in [-0.25, -0.2) is 4.98 Å². The molecule has 0 aliphatic heterocycles. The molecule has 0 spiro atoms. The third-order valence-corrected chi connectivity index (χ3v) is 3.43. The molecule has 0 bridgehead atoms. The second-order valence-electron chi connectivity index (χ2n) is 4.14. The van der Waals surface area contributed by atoms with Gasteiger partial charge in [0, 0.05) is 12.1 Å². The van der Waals surface area contributed by atoms with Crippen molar-refractivity contribution < 1.29 is 0 Å². The molecule has 0 amide bonds. The molecule has 4 heteroatoms. The lowest BCUT2D eigenvalue weighted by Crippen LogP contribution is -1.91. The minimum atomic E-state index is 0.505. The van der Waals surface area contributed by atoms with Gasteiger partial charge in [-0.3, -0.25) is 0 Å². The van der Waals surface area contributed by atoms with Gasteiger partial charge in [0.25, 0.3) is 0 Å². The maximum atomic E-state index is 6.03. The molecule has 3 rings (SSSR count). The molecule has 0 aliphatic carbocycles. The van der Waals surface area contributed by atoms with Gasteiger partial charge in [0.05, 0.1) is 16.7 Å². The zero-order valence-electron chi connectivity index (χ0n) is 9.69. The fourth-order valence-electron chi connectivity index (χ4n) is 2.11. The van der Waals surface area contributed by atoms with Crippen molar-refractivity contribution in [2.24, 2.45) is 7.05 Å². The number of benzene rings is 1. The average molecular weight is 277 g/mol. The van der Waals surface area contributed by atoms with Gasteiger partial charge in [0.1, 0.15) is 5.15 Å². The van der Waals surface area contributed by atoms with E-state index >= 15 is 0 Å². The number of nitrogens with zero attached hydrogens (tertiary/aromatic N) is 2. The molecule has 90 valence electrons. The molecule has 0 aliphatic rings. The quantitative estimate of drug-likeness (QED) is 0.597. The van der Waals surface area contributed by atoms with Gasteiger partial charge in [-0.2, -0.15) is 0 Å². The van der Waals surface area contributed by atoms with Gasteiger partial charge in [-0.1, -0.05) is 35.3 Å². The molecular weight excluding hydrogens is 267 g/mol. The molecule has 18 heavy (non-hydrogen) atoms. The fraction of sp³-hybridized carbons (Fsp3) is 0.0714. The minimum Gasteiger partial charge on any atom is -0.342 e. The van der Waals surface area contributed by atoms with E-state index in [-0.39, 0.29) is 0 Å². The second kappa shape index (κ2) is 4.30. The highest BCUT2D eigenvalue weighted by molar-refractivity contribution is 6.31. The van der Waals surface area contributed by atoms with Crippen LogP contribution in [-0.4, -0.2) is 9.55 Å². The topological polar surface area (TPSA) is 17.8 Å². The predicted molar refractivity (Wildman–Crippen MR) is 76.2 cm³/mol. The Bertz CT molecular complexity index is 732. The van der Waals surface area contributed by atoms with Crippen LogP contribution < -0.4 is 0 Å². The molecule has 0 radical (unpaired) electrons. The van der Waals surface area contributed by atoms with Gasteiger partial charge in [-0.15, -0.1) is 0 Å². The van der Waals surface area contributed by atoms with Crippen LogP contribution in [-0.2, 0) is 7.05 Å². The number of hydrogen-bond acceptors (Lipinski definition) is 1. The van der Waals surface area contributed by atoms with Crippen molar-refractivity contribution in [2.45, 2.75) is 0 Å². The predicted octanol–water partition coefficient (Wildman–Crippen LogP) is 4.55. The summed E-state index contributed by atoms with van der Waals surface area (Å²) in [4.78, 5) is 4.32. The molecular formula is C14H10Cl2N2. The zero-order valence-corrected chi connectivity index (χ0v) is 11.2. The third-order valence-electron chi connectivity index (χ3n) is 2.98. The largest absolute Gasteiger partial charge is 0.342 e. The molecule has 0 saturated carbocycles. The number of hydrogen-bond donors (Lipinski definition) is 0. The molecule has 0 unspecified atom stereocenters. The molecule has 1 aromatic carbocycles. The van der Waals surface area contributed by atoms with Crippen molar-refractivity contribution >= 4 is 34.2 Å². The van der Waals surface area contributed by atoms with Crippen molar-refractivity contribution in [2.75, 3.05) is 0 Å². The highest BCUT2D eigenvalue weighted by Crippen LogP contribution is 2.28. The van der Waals surface area contributed by atoms with E-state index < -0.39 is 0 Å². The summed E-state index contributed by atoms with van der Waals surface area (Å²) in [6.07, 6.45) is 0. The fourth-order valence-corrected chi connectivity index (χ4v) is 2.46. The Hall–Kier alpha value is -1.51. The van der Waals surface area contributed by atoms with E-state index in [4.69, 9.17) is 23.2 Å². The summed E-state index contributed by atoms with van der Waals surface area (Å²) in [7, 11) is 2.01. The molecule has 3 aromatic rings. The SMILES string of the molecule is Cn1c(-c2cccc(Cl)c2)cc2nc(Cl)ccc21. The van der Waals surface area contributed by atoms with Gasteiger partial charge in [0.15, 0.2) is 0 Å². The van der Waals surface area contributed by atoms with E-state index in [9.17, 15) is 0 Å². The van der Waals surface area contributed by atoms with Gasteiger partial charge >= 0.3 is 0 Å². The average Bonchev–Trinajstić information content (AvgIpc) is 2.66. The van der Waals surface area contributed by atoms with E-state index in [0.717, 1.165) is 27.3 Å². The first-order valence-corrected chi connectivity index (χ1v) is 6.28. The lowest BCUT2D eigenvalue weighted by molar-refractivity contribution is 0.977. The summed E-state index contributed by atoms with van der Waals surface area (Å²) in [5.41, 5.74) is 4.08. The van der Waals surface area contributed by atoms with Crippen LogP contribution >= 0.6 is 23.2 Å². The summed E-state index contributed by atoms with van der Waals surface area (Å²) in [6, 6.07) is 13.6. The van der Waals surface area contributed by atoms with Crippen LogP contribution in [0.25, 0.3) is 22.3 Å². The molecule has 0 fully saturated rings. The van der Waals surface area contributed by atoms with E-state index in [1.54, 1.807) is 6.07 Å². The molecule has 0 N–H and O–H groups in total. The van der Waals surface area contributed by atoms with Crippen LogP contribution in [0.4, 0.5) is 0 Å². The molecule has 2 nitrogen and oxygen atoms in total. The maximum Gasteiger partial charge on any atom is 0.129 e. The smallest absolute Gasteiger partial charge is 0.129 e. The van der Waals surface area contributed by atoms with Crippen molar-refractivity contribution in [3.63, 3.8) is 0 Å². The van der Waals surface area contributed by atoms with Crippen LogP contribution in [0.3, 0.4) is 0 Å². The lowest BCUT2D eigenvalue weighted by Gasteiger charge is -2.04.